The molecule has 1 saturated heterocycles. The predicted octanol–water partition coefficient (Wildman–Crippen LogP) is 3.61. The standard InChI is InChI=1S/C23H23NO3/c25-22(24-12-6-1-7-13-24)20-18-14-8-2-4-10-16(14)19(21(20)23(26)27)17-11-5-3-9-15(17)18/h2-5,8-11,18-21H,1,6-7,12-13H2,(H,26,27)/t18?,19?,20-,21+/m1/s1. The minimum Gasteiger partial charge on any atom is -0.481 e. The van der Waals surface area contributed by atoms with E-state index in [4.69, 9.17) is 0 Å². The van der Waals surface area contributed by atoms with E-state index in [0.29, 0.717) is 0 Å². The van der Waals surface area contributed by atoms with Gasteiger partial charge in [0.05, 0.1) is 11.8 Å². The lowest BCUT2D eigenvalue weighted by Crippen LogP contribution is -2.52. The van der Waals surface area contributed by atoms with Gasteiger partial charge in [-0.05, 0) is 41.5 Å². The quantitative estimate of drug-likeness (QED) is 0.889. The summed E-state index contributed by atoms with van der Waals surface area (Å²) in [5, 5.41) is 10.2. The molecule has 27 heavy (non-hydrogen) atoms. The summed E-state index contributed by atoms with van der Waals surface area (Å²) in [7, 11) is 0. The number of amides is 1. The summed E-state index contributed by atoms with van der Waals surface area (Å²) in [6, 6.07) is 16.2. The van der Waals surface area contributed by atoms with Crippen molar-refractivity contribution in [2.45, 2.75) is 31.1 Å². The Hall–Kier alpha value is -2.62. The minimum atomic E-state index is -0.857. The van der Waals surface area contributed by atoms with Crippen molar-refractivity contribution in [2.24, 2.45) is 11.8 Å². The number of rotatable bonds is 2. The lowest BCUT2D eigenvalue weighted by Gasteiger charge is -2.49. The predicted molar refractivity (Wildman–Crippen MR) is 102 cm³/mol. The Kier molecular flexibility index (Phi) is 3.81. The van der Waals surface area contributed by atoms with Gasteiger partial charge in [0.2, 0.25) is 5.91 Å². The summed E-state index contributed by atoms with van der Waals surface area (Å²) >= 11 is 0. The molecule has 2 atom stereocenters. The molecule has 1 amide bonds. The van der Waals surface area contributed by atoms with Crippen LogP contribution in [-0.4, -0.2) is 35.0 Å². The number of carboxylic acids is 1. The number of nitrogens with zero attached hydrogens (tertiary/aromatic N) is 1. The Morgan fingerprint density at radius 1 is 0.741 bits per heavy atom. The van der Waals surface area contributed by atoms with Crippen LogP contribution in [0.2, 0.25) is 0 Å². The highest BCUT2D eigenvalue weighted by Crippen LogP contribution is 2.58. The molecular formula is C23H23NO3. The number of hydrogen-bond donors (Lipinski definition) is 1. The van der Waals surface area contributed by atoms with Crippen molar-refractivity contribution < 1.29 is 14.7 Å². The lowest BCUT2D eigenvalue weighted by atomic mass is 9.54. The molecule has 2 aromatic carbocycles. The maximum atomic E-state index is 13.5. The molecule has 4 nitrogen and oxygen atoms in total. The molecule has 0 saturated carbocycles. The third-order valence-electron chi connectivity index (χ3n) is 6.68. The molecule has 4 heteroatoms. The van der Waals surface area contributed by atoms with Crippen molar-refractivity contribution >= 4 is 11.9 Å². The molecule has 2 bridgehead atoms. The van der Waals surface area contributed by atoms with Gasteiger partial charge in [0.25, 0.3) is 0 Å². The second-order valence-electron chi connectivity index (χ2n) is 7.99. The third kappa shape index (κ3) is 2.35. The van der Waals surface area contributed by atoms with Gasteiger partial charge in [-0.15, -0.1) is 0 Å². The van der Waals surface area contributed by atoms with Crippen LogP contribution in [0.5, 0.6) is 0 Å². The SMILES string of the molecule is O=C(O)[C@H]1C2c3ccccc3C(c3ccccc32)[C@H]1C(=O)N1CCCCC1. The molecule has 1 N–H and O–H groups in total. The molecule has 3 aliphatic carbocycles. The summed E-state index contributed by atoms with van der Waals surface area (Å²) in [4.78, 5) is 27.8. The zero-order valence-electron chi connectivity index (χ0n) is 15.2. The van der Waals surface area contributed by atoms with Crippen LogP contribution in [0.1, 0.15) is 53.4 Å². The Labute approximate surface area is 158 Å². The summed E-state index contributed by atoms with van der Waals surface area (Å²) in [5.41, 5.74) is 4.43. The van der Waals surface area contributed by atoms with E-state index in [1.165, 1.54) is 0 Å². The van der Waals surface area contributed by atoms with E-state index >= 15 is 0 Å². The molecule has 2 aromatic rings. The van der Waals surface area contributed by atoms with Gasteiger partial charge in [0, 0.05) is 24.9 Å². The van der Waals surface area contributed by atoms with E-state index < -0.39 is 17.8 Å². The molecule has 4 aliphatic rings. The number of piperidine rings is 1. The van der Waals surface area contributed by atoms with Gasteiger partial charge >= 0.3 is 5.97 Å². The third-order valence-corrected chi connectivity index (χ3v) is 6.68. The number of carboxylic acid groups (broad SMARTS) is 1. The van der Waals surface area contributed by atoms with Crippen LogP contribution >= 0.6 is 0 Å². The zero-order chi connectivity index (χ0) is 18.5. The Morgan fingerprint density at radius 3 is 1.63 bits per heavy atom. The molecule has 6 rings (SSSR count). The molecule has 0 spiro atoms. The summed E-state index contributed by atoms with van der Waals surface area (Å²) in [5.74, 6) is -2.47. The van der Waals surface area contributed by atoms with Gasteiger partial charge in [-0.25, -0.2) is 0 Å². The Balaban J connectivity index is 1.69. The number of carbonyl (C=O) groups is 2. The molecule has 0 unspecified atom stereocenters. The van der Waals surface area contributed by atoms with Crippen LogP contribution in [0.15, 0.2) is 48.5 Å². The molecular weight excluding hydrogens is 338 g/mol. The smallest absolute Gasteiger partial charge is 0.308 e. The topological polar surface area (TPSA) is 57.6 Å². The number of fused-ring (bicyclic) bond motifs is 1. The number of benzene rings is 2. The van der Waals surface area contributed by atoms with Crippen molar-refractivity contribution in [3.63, 3.8) is 0 Å². The number of hydrogen-bond acceptors (Lipinski definition) is 2. The van der Waals surface area contributed by atoms with E-state index in [9.17, 15) is 14.7 Å². The normalized spacial score (nSPS) is 28.4. The van der Waals surface area contributed by atoms with Crippen LogP contribution in [0, 0.1) is 11.8 Å². The van der Waals surface area contributed by atoms with Crippen molar-refractivity contribution in [1.29, 1.82) is 0 Å². The van der Waals surface area contributed by atoms with Gasteiger partial charge in [-0.3, -0.25) is 9.59 Å². The van der Waals surface area contributed by atoms with Gasteiger partial charge < -0.3 is 10.0 Å². The first-order valence-electron chi connectivity index (χ1n) is 9.87. The Morgan fingerprint density at radius 2 is 1.19 bits per heavy atom. The van der Waals surface area contributed by atoms with Gasteiger partial charge in [0.1, 0.15) is 0 Å². The molecule has 1 aliphatic heterocycles. The van der Waals surface area contributed by atoms with Gasteiger partial charge in [0.15, 0.2) is 0 Å². The zero-order valence-corrected chi connectivity index (χ0v) is 15.2. The first kappa shape index (κ1) is 16.5. The molecule has 0 radical (unpaired) electrons. The molecule has 138 valence electrons. The van der Waals surface area contributed by atoms with Crippen LogP contribution in [-0.2, 0) is 9.59 Å². The fraction of sp³-hybridized carbons (Fsp3) is 0.391. The summed E-state index contributed by atoms with van der Waals surface area (Å²) < 4.78 is 0. The fourth-order valence-electron chi connectivity index (χ4n) is 5.60. The van der Waals surface area contributed by atoms with Crippen molar-refractivity contribution in [2.75, 3.05) is 13.1 Å². The largest absolute Gasteiger partial charge is 0.481 e. The highest BCUT2D eigenvalue weighted by atomic mass is 16.4. The second kappa shape index (κ2) is 6.22. The molecule has 1 fully saturated rings. The lowest BCUT2D eigenvalue weighted by molar-refractivity contribution is -0.153. The highest BCUT2D eigenvalue weighted by molar-refractivity contribution is 5.90. The molecule has 0 aromatic heterocycles. The number of aliphatic carboxylic acids is 1. The van der Waals surface area contributed by atoms with Crippen molar-refractivity contribution in [3.8, 4) is 0 Å². The maximum absolute atomic E-state index is 13.5. The van der Waals surface area contributed by atoms with Crippen molar-refractivity contribution in [3.05, 3.63) is 70.8 Å². The average Bonchev–Trinajstić information content (AvgIpc) is 2.73. The first-order chi connectivity index (χ1) is 13.2. The van der Waals surface area contributed by atoms with Gasteiger partial charge in [-0.2, -0.15) is 0 Å². The van der Waals surface area contributed by atoms with Crippen molar-refractivity contribution in [1.82, 2.24) is 4.90 Å². The second-order valence-corrected chi connectivity index (χ2v) is 7.99. The van der Waals surface area contributed by atoms with E-state index in [0.717, 1.165) is 54.6 Å². The van der Waals surface area contributed by atoms with Crippen LogP contribution in [0.3, 0.4) is 0 Å². The van der Waals surface area contributed by atoms with Gasteiger partial charge in [-0.1, -0.05) is 48.5 Å². The molecule has 1 heterocycles. The van der Waals surface area contributed by atoms with E-state index in [1.54, 1.807) is 0 Å². The Bertz CT molecular complexity index is 868. The number of likely N-dealkylation sites (tertiary alicyclic amines) is 1. The average molecular weight is 361 g/mol. The first-order valence-corrected chi connectivity index (χ1v) is 9.87. The monoisotopic (exact) mass is 361 g/mol. The van der Waals surface area contributed by atoms with E-state index in [-0.39, 0.29) is 17.7 Å². The highest BCUT2D eigenvalue weighted by Gasteiger charge is 2.56. The van der Waals surface area contributed by atoms with E-state index in [2.05, 4.69) is 12.1 Å². The van der Waals surface area contributed by atoms with E-state index in [1.807, 2.05) is 41.3 Å². The minimum absolute atomic E-state index is 0.0288. The summed E-state index contributed by atoms with van der Waals surface area (Å²) in [6.45, 7) is 1.50. The van der Waals surface area contributed by atoms with Crippen LogP contribution in [0.25, 0.3) is 0 Å². The van der Waals surface area contributed by atoms with Crippen LogP contribution < -0.4 is 0 Å². The maximum Gasteiger partial charge on any atom is 0.308 e. The van der Waals surface area contributed by atoms with Crippen LogP contribution in [0.4, 0.5) is 0 Å². The summed E-state index contributed by atoms with van der Waals surface area (Å²) in [6.07, 6.45) is 3.17. The number of carbonyl (C=O) groups excluding carboxylic acids is 1. The fourth-order valence-corrected chi connectivity index (χ4v) is 5.60.